The van der Waals surface area contributed by atoms with Crippen molar-refractivity contribution in [2.75, 3.05) is 0 Å². The van der Waals surface area contributed by atoms with Crippen molar-refractivity contribution < 1.29 is 4.74 Å². The maximum Gasteiger partial charge on any atom is 0.0745 e. The molecular formula is C14H19BrO. The summed E-state index contributed by atoms with van der Waals surface area (Å²) in [5.74, 6) is 0. The number of benzene rings is 1. The Kier molecular flexibility index (Phi) is 4.04. The molecule has 1 fully saturated rings. The first-order valence-corrected chi connectivity index (χ1v) is 7.00. The molecule has 1 aliphatic heterocycles. The molecule has 0 aliphatic carbocycles. The van der Waals surface area contributed by atoms with Crippen molar-refractivity contribution in [2.24, 2.45) is 0 Å². The number of hydrogen-bond donors (Lipinski definition) is 0. The van der Waals surface area contributed by atoms with Gasteiger partial charge >= 0.3 is 0 Å². The summed E-state index contributed by atoms with van der Waals surface area (Å²) in [5.41, 5.74) is 2.72. The minimum absolute atomic E-state index is 0.336. The van der Waals surface area contributed by atoms with Gasteiger partial charge < -0.3 is 4.74 Å². The molecule has 0 aromatic heterocycles. The van der Waals surface area contributed by atoms with Crippen LogP contribution in [0.3, 0.4) is 0 Å². The first kappa shape index (κ1) is 12.1. The molecule has 2 rings (SSSR count). The van der Waals surface area contributed by atoms with Gasteiger partial charge in [0.2, 0.25) is 0 Å². The predicted molar refractivity (Wildman–Crippen MR) is 71.1 cm³/mol. The Morgan fingerprint density at radius 3 is 2.50 bits per heavy atom. The van der Waals surface area contributed by atoms with E-state index in [9.17, 15) is 0 Å². The second kappa shape index (κ2) is 5.33. The van der Waals surface area contributed by atoms with Crippen LogP contribution in [0.15, 0.2) is 24.3 Å². The van der Waals surface area contributed by atoms with Crippen LogP contribution >= 0.6 is 15.9 Å². The van der Waals surface area contributed by atoms with Gasteiger partial charge in [0.25, 0.3) is 0 Å². The third kappa shape index (κ3) is 2.67. The second-order valence-corrected chi connectivity index (χ2v) is 5.55. The first-order valence-electron chi connectivity index (χ1n) is 6.09. The molecule has 1 aromatic rings. The summed E-state index contributed by atoms with van der Waals surface area (Å²) in [5, 5.41) is 0. The summed E-state index contributed by atoms with van der Waals surface area (Å²) in [6, 6.07) is 8.85. The summed E-state index contributed by atoms with van der Waals surface area (Å²) in [7, 11) is 0. The summed E-state index contributed by atoms with van der Waals surface area (Å²) in [4.78, 5) is 0.336. The number of ether oxygens (including phenoxy) is 1. The number of halogens is 1. The highest BCUT2D eigenvalue weighted by molar-refractivity contribution is 9.09. The Bertz CT molecular complexity index is 333. The van der Waals surface area contributed by atoms with Crippen molar-refractivity contribution in [2.45, 2.75) is 50.1 Å². The van der Waals surface area contributed by atoms with Gasteiger partial charge in [-0.05, 0) is 37.3 Å². The van der Waals surface area contributed by atoms with Crippen molar-refractivity contribution in [1.82, 2.24) is 0 Å². The molecule has 0 bridgehead atoms. The minimum atomic E-state index is 0.336. The molecule has 0 amide bonds. The Hall–Kier alpha value is -0.340. The number of hydrogen-bond acceptors (Lipinski definition) is 1. The molecule has 1 heterocycles. The molecule has 0 spiro atoms. The molecular weight excluding hydrogens is 264 g/mol. The summed E-state index contributed by atoms with van der Waals surface area (Å²) < 4.78 is 5.89. The summed E-state index contributed by atoms with van der Waals surface area (Å²) in [6.45, 7) is 4.34. The Balaban J connectivity index is 2.05. The highest BCUT2D eigenvalue weighted by atomic mass is 79.9. The van der Waals surface area contributed by atoms with Crippen LogP contribution in [-0.4, -0.2) is 12.2 Å². The fraction of sp³-hybridized carbons (Fsp3) is 0.571. The molecule has 16 heavy (non-hydrogen) atoms. The smallest absolute Gasteiger partial charge is 0.0745 e. The quantitative estimate of drug-likeness (QED) is 0.753. The fourth-order valence-electron chi connectivity index (χ4n) is 2.20. The van der Waals surface area contributed by atoms with Crippen molar-refractivity contribution in [1.29, 1.82) is 0 Å². The third-order valence-corrected chi connectivity index (χ3v) is 4.42. The molecule has 0 saturated carbocycles. The van der Waals surface area contributed by atoms with Crippen molar-refractivity contribution in [3.05, 3.63) is 35.4 Å². The zero-order chi connectivity index (χ0) is 11.5. The van der Waals surface area contributed by atoms with Crippen LogP contribution in [0.1, 0.15) is 42.6 Å². The Morgan fingerprint density at radius 2 is 2.00 bits per heavy atom. The van der Waals surface area contributed by atoms with Gasteiger partial charge in [0.15, 0.2) is 0 Å². The third-order valence-electron chi connectivity index (χ3n) is 3.30. The van der Waals surface area contributed by atoms with Crippen LogP contribution in [0.4, 0.5) is 0 Å². The maximum atomic E-state index is 5.89. The summed E-state index contributed by atoms with van der Waals surface area (Å²) in [6.07, 6.45) is 4.19. The van der Waals surface area contributed by atoms with Gasteiger partial charge in [0.05, 0.1) is 17.0 Å². The largest absolute Gasteiger partial charge is 0.374 e. The lowest BCUT2D eigenvalue weighted by atomic mass is 10.0. The zero-order valence-electron chi connectivity index (χ0n) is 9.95. The lowest BCUT2D eigenvalue weighted by Crippen LogP contribution is -2.14. The number of alkyl halides is 1. The SMILES string of the molecule is CCc1ccc(C(Br)C2CCC(C)O2)cc1. The van der Waals surface area contributed by atoms with Gasteiger partial charge in [-0.3, -0.25) is 0 Å². The van der Waals surface area contributed by atoms with Crippen LogP contribution in [0.5, 0.6) is 0 Å². The average molecular weight is 283 g/mol. The Morgan fingerprint density at radius 1 is 1.31 bits per heavy atom. The van der Waals surface area contributed by atoms with E-state index in [0.717, 1.165) is 12.8 Å². The van der Waals surface area contributed by atoms with Crippen LogP contribution in [-0.2, 0) is 11.2 Å². The molecule has 2 heteroatoms. The topological polar surface area (TPSA) is 9.23 Å². The van der Waals surface area contributed by atoms with Crippen LogP contribution < -0.4 is 0 Å². The van der Waals surface area contributed by atoms with Gasteiger partial charge in [-0.25, -0.2) is 0 Å². The van der Waals surface area contributed by atoms with Gasteiger partial charge in [-0.1, -0.05) is 47.1 Å². The monoisotopic (exact) mass is 282 g/mol. The lowest BCUT2D eigenvalue weighted by Gasteiger charge is -2.18. The van der Waals surface area contributed by atoms with Gasteiger partial charge in [-0.15, -0.1) is 0 Å². The molecule has 1 nitrogen and oxygen atoms in total. The van der Waals surface area contributed by atoms with E-state index in [1.165, 1.54) is 17.5 Å². The highest BCUT2D eigenvalue weighted by Crippen LogP contribution is 2.36. The predicted octanol–water partition coefficient (Wildman–Crippen LogP) is 4.25. The van der Waals surface area contributed by atoms with Crippen LogP contribution in [0.25, 0.3) is 0 Å². The van der Waals surface area contributed by atoms with E-state index in [2.05, 4.69) is 54.0 Å². The highest BCUT2D eigenvalue weighted by Gasteiger charge is 2.28. The zero-order valence-corrected chi connectivity index (χ0v) is 11.5. The van der Waals surface area contributed by atoms with E-state index in [0.29, 0.717) is 17.0 Å². The average Bonchev–Trinajstić information content (AvgIpc) is 2.75. The number of rotatable bonds is 3. The van der Waals surface area contributed by atoms with E-state index in [1.54, 1.807) is 0 Å². The van der Waals surface area contributed by atoms with Gasteiger partial charge in [0.1, 0.15) is 0 Å². The van der Waals surface area contributed by atoms with Gasteiger partial charge in [0, 0.05) is 0 Å². The van der Waals surface area contributed by atoms with Crippen molar-refractivity contribution in [3.8, 4) is 0 Å². The van der Waals surface area contributed by atoms with Crippen molar-refractivity contribution in [3.63, 3.8) is 0 Å². The van der Waals surface area contributed by atoms with Crippen LogP contribution in [0.2, 0.25) is 0 Å². The molecule has 1 saturated heterocycles. The molecule has 3 atom stereocenters. The first-order chi connectivity index (χ1) is 7.70. The van der Waals surface area contributed by atoms with E-state index < -0.39 is 0 Å². The standard InChI is InChI=1S/C14H19BrO/c1-3-11-5-7-12(8-6-11)14(15)13-9-4-10(2)16-13/h5-8,10,13-14H,3-4,9H2,1-2H3. The fourth-order valence-corrected chi connectivity index (χ4v) is 2.89. The van der Waals surface area contributed by atoms with E-state index >= 15 is 0 Å². The van der Waals surface area contributed by atoms with Gasteiger partial charge in [-0.2, -0.15) is 0 Å². The van der Waals surface area contributed by atoms with E-state index in [1.807, 2.05) is 0 Å². The number of aryl methyl sites for hydroxylation is 1. The minimum Gasteiger partial charge on any atom is -0.374 e. The maximum absolute atomic E-state index is 5.89. The molecule has 0 N–H and O–H groups in total. The molecule has 1 aromatic carbocycles. The molecule has 3 unspecified atom stereocenters. The van der Waals surface area contributed by atoms with Crippen molar-refractivity contribution >= 4 is 15.9 Å². The lowest BCUT2D eigenvalue weighted by molar-refractivity contribution is 0.0557. The van der Waals surface area contributed by atoms with E-state index in [-0.39, 0.29) is 0 Å². The van der Waals surface area contributed by atoms with Crippen LogP contribution in [0, 0.1) is 0 Å². The molecule has 88 valence electrons. The molecule has 0 radical (unpaired) electrons. The van der Waals surface area contributed by atoms with E-state index in [4.69, 9.17) is 4.74 Å². The second-order valence-electron chi connectivity index (χ2n) is 4.56. The normalized spacial score (nSPS) is 26.9. The Labute approximate surface area is 106 Å². The molecule has 1 aliphatic rings. The summed E-state index contributed by atoms with van der Waals surface area (Å²) >= 11 is 3.76.